The van der Waals surface area contributed by atoms with Crippen LogP contribution < -0.4 is 5.73 Å². The molecule has 1 aliphatic carbocycles. The molecule has 1 amide bonds. The van der Waals surface area contributed by atoms with Gasteiger partial charge in [0.1, 0.15) is 5.82 Å². The van der Waals surface area contributed by atoms with Gasteiger partial charge in [-0.3, -0.25) is 4.79 Å². The van der Waals surface area contributed by atoms with E-state index in [1.165, 1.54) is 12.8 Å². The molecule has 104 valence electrons. The van der Waals surface area contributed by atoms with Crippen molar-refractivity contribution in [3.8, 4) is 0 Å². The molecule has 19 heavy (non-hydrogen) atoms. The highest BCUT2D eigenvalue weighted by molar-refractivity contribution is 5.95. The number of anilines is 1. The minimum absolute atomic E-state index is 0.0521. The first kappa shape index (κ1) is 13.8. The molecular weight excluding hydrogens is 238 g/mol. The molecule has 0 aromatic carbocycles. The number of nitrogens with zero attached hydrogens (tertiary/aromatic N) is 2. The molecule has 0 spiro atoms. The van der Waals surface area contributed by atoms with Crippen molar-refractivity contribution in [2.24, 2.45) is 5.92 Å². The maximum absolute atomic E-state index is 12.5. The molecule has 2 atom stereocenters. The highest BCUT2D eigenvalue weighted by Crippen LogP contribution is 2.27. The predicted octanol–water partition coefficient (Wildman–Crippen LogP) is 2.62. The molecule has 1 aromatic heterocycles. The zero-order valence-electron chi connectivity index (χ0n) is 12.0. The van der Waals surface area contributed by atoms with Crippen molar-refractivity contribution in [3.63, 3.8) is 0 Å². The molecule has 0 bridgehead atoms. The van der Waals surface area contributed by atoms with Crippen LogP contribution in [0.1, 0.15) is 48.7 Å². The number of nitrogen functional groups attached to an aromatic ring is 1. The molecule has 4 nitrogen and oxygen atoms in total. The van der Waals surface area contributed by atoms with Crippen molar-refractivity contribution in [2.75, 3.05) is 12.8 Å². The van der Waals surface area contributed by atoms with Gasteiger partial charge in [-0.15, -0.1) is 0 Å². The van der Waals surface area contributed by atoms with E-state index in [1.807, 2.05) is 18.9 Å². The summed E-state index contributed by atoms with van der Waals surface area (Å²) < 4.78 is 0. The number of aryl methyl sites for hydroxylation is 1. The van der Waals surface area contributed by atoms with E-state index in [4.69, 9.17) is 5.73 Å². The van der Waals surface area contributed by atoms with E-state index in [2.05, 4.69) is 11.9 Å². The summed E-state index contributed by atoms with van der Waals surface area (Å²) >= 11 is 0. The Hall–Kier alpha value is -1.58. The van der Waals surface area contributed by atoms with Gasteiger partial charge < -0.3 is 10.6 Å². The molecule has 4 heteroatoms. The Balaban J connectivity index is 2.13. The van der Waals surface area contributed by atoms with Gasteiger partial charge in [0.2, 0.25) is 0 Å². The molecule has 2 N–H and O–H groups in total. The summed E-state index contributed by atoms with van der Waals surface area (Å²) in [5.41, 5.74) is 7.15. The summed E-state index contributed by atoms with van der Waals surface area (Å²) in [6.07, 6.45) is 4.69. The van der Waals surface area contributed by atoms with Crippen molar-refractivity contribution >= 4 is 11.7 Å². The molecule has 0 saturated heterocycles. The number of rotatable bonds is 2. The highest BCUT2D eigenvalue weighted by Gasteiger charge is 2.26. The van der Waals surface area contributed by atoms with Crippen LogP contribution in [-0.4, -0.2) is 28.9 Å². The van der Waals surface area contributed by atoms with E-state index < -0.39 is 0 Å². The Labute approximate surface area is 115 Å². The maximum atomic E-state index is 12.5. The van der Waals surface area contributed by atoms with Crippen molar-refractivity contribution < 1.29 is 4.79 Å². The summed E-state index contributed by atoms with van der Waals surface area (Å²) in [5, 5.41) is 0. The summed E-state index contributed by atoms with van der Waals surface area (Å²) in [5.74, 6) is 1.17. The van der Waals surface area contributed by atoms with Gasteiger partial charge in [-0.25, -0.2) is 4.98 Å². The lowest BCUT2D eigenvalue weighted by Gasteiger charge is -2.34. The SMILES string of the molecule is Cc1cc(C(=O)N(C)C2CCCC(C)C2)cc(N)n1. The number of carbonyl (C=O) groups is 1. The molecule has 0 aliphatic heterocycles. The van der Waals surface area contributed by atoms with Gasteiger partial charge in [-0.05, 0) is 37.8 Å². The first-order valence-electron chi connectivity index (χ1n) is 6.98. The second kappa shape index (κ2) is 5.59. The average molecular weight is 261 g/mol. The van der Waals surface area contributed by atoms with Crippen LogP contribution in [0, 0.1) is 12.8 Å². The molecule has 1 aliphatic rings. The Morgan fingerprint density at radius 2 is 2.16 bits per heavy atom. The van der Waals surface area contributed by atoms with Gasteiger partial charge >= 0.3 is 0 Å². The zero-order chi connectivity index (χ0) is 14.0. The molecule has 0 radical (unpaired) electrons. The molecule has 1 saturated carbocycles. The Morgan fingerprint density at radius 3 is 2.79 bits per heavy atom. The van der Waals surface area contributed by atoms with Gasteiger partial charge in [0.15, 0.2) is 0 Å². The van der Waals surface area contributed by atoms with Crippen LogP contribution in [0.3, 0.4) is 0 Å². The zero-order valence-corrected chi connectivity index (χ0v) is 12.0. The fourth-order valence-electron chi connectivity index (χ4n) is 2.94. The number of amides is 1. The second-order valence-electron chi connectivity index (χ2n) is 5.76. The summed E-state index contributed by atoms with van der Waals surface area (Å²) in [6, 6.07) is 3.82. The standard InChI is InChI=1S/C15H23N3O/c1-10-5-4-6-13(7-10)18(3)15(19)12-8-11(2)17-14(16)9-12/h8-10,13H,4-7H2,1-3H3,(H2,16,17). The lowest BCUT2D eigenvalue weighted by Crippen LogP contribution is -2.39. The summed E-state index contributed by atoms with van der Waals surface area (Å²) in [7, 11) is 1.90. The second-order valence-corrected chi connectivity index (χ2v) is 5.76. The highest BCUT2D eigenvalue weighted by atomic mass is 16.2. The molecule has 1 fully saturated rings. The monoisotopic (exact) mass is 261 g/mol. The molecule has 2 unspecified atom stereocenters. The number of hydrogen-bond acceptors (Lipinski definition) is 3. The summed E-state index contributed by atoms with van der Waals surface area (Å²) in [6.45, 7) is 4.12. The van der Waals surface area contributed by atoms with Crippen LogP contribution in [0.5, 0.6) is 0 Å². The smallest absolute Gasteiger partial charge is 0.254 e. The van der Waals surface area contributed by atoms with Gasteiger partial charge in [0, 0.05) is 24.3 Å². The van der Waals surface area contributed by atoms with E-state index >= 15 is 0 Å². The first-order chi connectivity index (χ1) is 8.97. The predicted molar refractivity (Wildman–Crippen MR) is 76.9 cm³/mol. The average Bonchev–Trinajstić information content (AvgIpc) is 2.36. The van der Waals surface area contributed by atoms with Crippen LogP contribution in [-0.2, 0) is 0 Å². The lowest BCUT2D eigenvalue weighted by molar-refractivity contribution is 0.0672. The van der Waals surface area contributed by atoms with E-state index in [-0.39, 0.29) is 5.91 Å². The normalized spacial score (nSPS) is 23.1. The van der Waals surface area contributed by atoms with E-state index in [0.29, 0.717) is 23.3 Å². The van der Waals surface area contributed by atoms with Crippen LogP contribution in [0.4, 0.5) is 5.82 Å². The van der Waals surface area contributed by atoms with E-state index in [0.717, 1.165) is 18.5 Å². The fraction of sp³-hybridized carbons (Fsp3) is 0.600. The Kier molecular flexibility index (Phi) is 4.08. The number of pyridine rings is 1. The van der Waals surface area contributed by atoms with Crippen LogP contribution in [0.2, 0.25) is 0 Å². The largest absolute Gasteiger partial charge is 0.384 e. The van der Waals surface area contributed by atoms with Crippen LogP contribution in [0.25, 0.3) is 0 Å². The van der Waals surface area contributed by atoms with Crippen molar-refractivity contribution in [1.82, 2.24) is 9.88 Å². The van der Waals surface area contributed by atoms with Gasteiger partial charge in [0.25, 0.3) is 5.91 Å². The van der Waals surface area contributed by atoms with Gasteiger partial charge in [0.05, 0.1) is 0 Å². The van der Waals surface area contributed by atoms with Crippen molar-refractivity contribution in [1.29, 1.82) is 0 Å². The molecule has 2 rings (SSSR count). The molecule has 1 heterocycles. The number of aromatic nitrogens is 1. The number of carbonyl (C=O) groups excluding carboxylic acids is 1. The van der Waals surface area contributed by atoms with Gasteiger partial charge in [-0.2, -0.15) is 0 Å². The number of hydrogen-bond donors (Lipinski definition) is 1. The van der Waals surface area contributed by atoms with Crippen molar-refractivity contribution in [2.45, 2.75) is 45.6 Å². The van der Waals surface area contributed by atoms with Crippen molar-refractivity contribution in [3.05, 3.63) is 23.4 Å². The van der Waals surface area contributed by atoms with E-state index in [1.54, 1.807) is 12.1 Å². The number of nitrogens with two attached hydrogens (primary N) is 1. The first-order valence-corrected chi connectivity index (χ1v) is 6.98. The van der Waals surface area contributed by atoms with E-state index in [9.17, 15) is 4.79 Å². The third-order valence-electron chi connectivity index (χ3n) is 4.00. The maximum Gasteiger partial charge on any atom is 0.254 e. The Morgan fingerprint density at radius 1 is 1.42 bits per heavy atom. The minimum Gasteiger partial charge on any atom is -0.384 e. The molecular formula is C15H23N3O. The topological polar surface area (TPSA) is 59.2 Å². The lowest BCUT2D eigenvalue weighted by atomic mass is 9.86. The van der Waals surface area contributed by atoms with Crippen LogP contribution >= 0.6 is 0 Å². The van der Waals surface area contributed by atoms with Crippen LogP contribution in [0.15, 0.2) is 12.1 Å². The quantitative estimate of drug-likeness (QED) is 0.890. The van der Waals surface area contributed by atoms with Gasteiger partial charge in [-0.1, -0.05) is 19.8 Å². The fourth-order valence-corrected chi connectivity index (χ4v) is 2.94. The summed E-state index contributed by atoms with van der Waals surface area (Å²) in [4.78, 5) is 18.5. The third-order valence-corrected chi connectivity index (χ3v) is 4.00. The third kappa shape index (κ3) is 3.25. The minimum atomic E-state index is 0.0521. The Bertz CT molecular complexity index is 452. The molecule has 1 aromatic rings.